The Kier molecular flexibility index (Phi) is 4.60. The molecule has 2 aromatic rings. The van der Waals surface area contributed by atoms with Crippen molar-refractivity contribution in [2.45, 2.75) is 13.2 Å². The number of nitrogens with two attached hydrogens (primary N) is 1. The van der Waals surface area contributed by atoms with Gasteiger partial charge in [-0.1, -0.05) is 17.7 Å². The molecular weight excluding hydrogens is 264 g/mol. The minimum absolute atomic E-state index is 0.333. The lowest BCUT2D eigenvalue weighted by atomic mass is 10.2. The van der Waals surface area contributed by atoms with E-state index < -0.39 is 0 Å². The van der Waals surface area contributed by atoms with Gasteiger partial charge in [0, 0.05) is 41.2 Å². The van der Waals surface area contributed by atoms with Gasteiger partial charge in [0.2, 0.25) is 0 Å². The van der Waals surface area contributed by atoms with Gasteiger partial charge in [-0.05, 0) is 12.1 Å². The standard InChI is InChI=1S/C14H15ClN2O2/c1-18-13-6-12(15)5-11(7-16)14(13)19-9-10-3-2-4-17-8-10/h2-6,8H,7,9,16H2,1H3. The minimum Gasteiger partial charge on any atom is -0.493 e. The van der Waals surface area contributed by atoms with E-state index in [9.17, 15) is 0 Å². The van der Waals surface area contributed by atoms with E-state index in [1.807, 2.05) is 12.1 Å². The maximum Gasteiger partial charge on any atom is 0.166 e. The van der Waals surface area contributed by atoms with Gasteiger partial charge in [-0.3, -0.25) is 4.98 Å². The van der Waals surface area contributed by atoms with E-state index >= 15 is 0 Å². The second-order valence-corrected chi connectivity index (χ2v) is 4.39. The van der Waals surface area contributed by atoms with Gasteiger partial charge in [0.05, 0.1) is 7.11 Å². The zero-order valence-corrected chi connectivity index (χ0v) is 11.4. The molecule has 0 aliphatic carbocycles. The van der Waals surface area contributed by atoms with Gasteiger partial charge < -0.3 is 15.2 Å². The Hall–Kier alpha value is -1.78. The molecule has 0 saturated carbocycles. The lowest BCUT2D eigenvalue weighted by molar-refractivity contribution is 0.281. The molecule has 2 N–H and O–H groups in total. The molecule has 1 aromatic heterocycles. The molecule has 0 bridgehead atoms. The van der Waals surface area contributed by atoms with E-state index in [1.165, 1.54) is 0 Å². The minimum atomic E-state index is 0.333. The Balaban J connectivity index is 2.23. The van der Waals surface area contributed by atoms with Crippen molar-refractivity contribution in [2.24, 2.45) is 5.73 Å². The number of hydrogen-bond acceptors (Lipinski definition) is 4. The molecule has 0 fully saturated rings. The fourth-order valence-electron chi connectivity index (χ4n) is 1.73. The fourth-order valence-corrected chi connectivity index (χ4v) is 1.96. The Morgan fingerprint density at radius 1 is 1.37 bits per heavy atom. The third-order valence-electron chi connectivity index (χ3n) is 2.64. The summed E-state index contributed by atoms with van der Waals surface area (Å²) in [5.41, 5.74) is 7.49. The molecule has 5 heteroatoms. The van der Waals surface area contributed by atoms with E-state index in [0.717, 1.165) is 11.1 Å². The first-order valence-electron chi connectivity index (χ1n) is 5.82. The van der Waals surface area contributed by atoms with Crippen molar-refractivity contribution < 1.29 is 9.47 Å². The maximum atomic E-state index is 6.00. The van der Waals surface area contributed by atoms with Crippen molar-refractivity contribution in [3.05, 3.63) is 52.8 Å². The molecule has 0 amide bonds. The Bertz CT molecular complexity index is 521. The third-order valence-corrected chi connectivity index (χ3v) is 2.86. The highest BCUT2D eigenvalue weighted by molar-refractivity contribution is 6.30. The molecule has 100 valence electrons. The summed E-state index contributed by atoms with van der Waals surface area (Å²) in [4.78, 5) is 4.04. The van der Waals surface area contributed by atoms with Gasteiger partial charge in [0.1, 0.15) is 6.61 Å². The molecule has 0 radical (unpaired) electrons. The zero-order valence-electron chi connectivity index (χ0n) is 10.6. The first-order valence-corrected chi connectivity index (χ1v) is 6.20. The average Bonchev–Trinajstić information content (AvgIpc) is 2.46. The highest BCUT2D eigenvalue weighted by Gasteiger charge is 2.12. The molecule has 0 spiro atoms. The normalized spacial score (nSPS) is 10.3. The van der Waals surface area contributed by atoms with E-state index in [4.69, 9.17) is 26.8 Å². The molecule has 0 saturated heterocycles. The molecule has 4 nitrogen and oxygen atoms in total. The summed E-state index contributed by atoms with van der Waals surface area (Å²) in [6.45, 7) is 0.734. The van der Waals surface area contributed by atoms with Crippen molar-refractivity contribution in [2.75, 3.05) is 7.11 Å². The van der Waals surface area contributed by atoms with Gasteiger partial charge in [0.15, 0.2) is 11.5 Å². The molecular formula is C14H15ClN2O2. The number of ether oxygens (including phenoxy) is 2. The summed E-state index contributed by atoms with van der Waals surface area (Å²) in [5.74, 6) is 1.20. The van der Waals surface area contributed by atoms with E-state index in [2.05, 4.69) is 4.98 Å². The first-order chi connectivity index (χ1) is 9.24. The van der Waals surface area contributed by atoms with Crippen LogP contribution in [0.2, 0.25) is 5.02 Å². The topological polar surface area (TPSA) is 57.4 Å². The van der Waals surface area contributed by atoms with Crippen molar-refractivity contribution in [3.8, 4) is 11.5 Å². The van der Waals surface area contributed by atoms with Crippen molar-refractivity contribution in [3.63, 3.8) is 0 Å². The zero-order chi connectivity index (χ0) is 13.7. The highest BCUT2D eigenvalue weighted by atomic mass is 35.5. The number of nitrogens with zero attached hydrogens (tertiary/aromatic N) is 1. The number of rotatable bonds is 5. The molecule has 19 heavy (non-hydrogen) atoms. The smallest absolute Gasteiger partial charge is 0.166 e. The van der Waals surface area contributed by atoms with Crippen LogP contribution in [0.3, 0.4) is 0 Å². The van der Waals surface area contributed by atoms with Crippen molar-refractivity contribution >= 4 is 11.6 Å². The predicted molar refractivity (Wildman–Crippen MR) is 74.5 cm³/mol. The molecule has 0 aliphatic heterocycles. The molecule has 1 heterocycles. The summed E-state index contributed by atoms with van der Waals surface area (Å²) in [6.07, 6.45) is 3.47. The number of aromatic nitrogens is 1. The summed E-state index contributed by atoms with van der Waals surface area (Å²) in [5, 5.41) is 0.575. The van der Waals surface area contributed by atoms with Gasteiger partial charge in [-0.15, -0.1) is 0 Å². The lowest BCUT2D eigenvalue weighted by Crippen LogP contribution is -2.05. The molecule has 0 unspecified atom stereocenters. The second-order valence-electron chi connectivity index (χ2n) is 3.95. The Morgan fingerprint density at radius 3 is 2.84 bits per heavy atom. The predicted octanol–water partition coefficient (Wildman–Crippen LogP) is 2.78. The van der Waals surface area contributed by atoms with Crippen LogP contribution in [-0.4, -0.2) is 12.1 Å². The van der Waals surface area contributed by atoms with Crippen LogP contribution in [0.4, 0.5) is 0 Å². The first kappa shape index (κ1) is 13.6. The number of pyridine rings is 1. The number of halogens is 1. The van der Waals surface area contributed by atoms with Crippen molar-refractivity contribution in [1.82, 2.24) is 4.98 Å². The van der Waals surface area contributed by atoms with E-state index in [0.29, 0.717) is 29.7 Å². The van der Waals surface area contributed by atoms with E-state index in [1.54, 1.807) is 31.6 Å². The van der Waals surface area contributed by atoms with Crippen LogP contribution >= 0.6 is 11.6 Å². The summed E-state index contributed by atoms with van der Waals surface area (Å²) < 4.78 is 11.1. The highest BCUT2D eigenvalue weighted by Crippen LogP contribution is 2.35. The quantitative estimate of drug-likeness (QED) is 0.914. The number of hydrogen-bond donors (Lipinski definition) is 1. The van der Waals surface area contributed by atoms with Crippen LogP contribution in [0.25, 0.3) is 0 Å². The lowest BCUT2D eigenvalue weighted by Gasteiger charge is -2.14. The van der Waals surface area contributed by atoms with Gasteiger partial charge in [0.25, 0.3) is 0 Å². The van der Waals surface area contributed by atoms with Crippen LogP contribution in [-0.2, 0) is 13.2 Å². The van der Waals surface area contributed by atoms with Crippen LogP contribution in [0.1, 0.15) is 11.1 Å². The van der Waals surface area contributed by atoms with Crippen molar-refractivity contribution in [1.29, 1.82) is 0 Å². The third kappa shape index (κ3) is 3.36. The van der Waals surface area contributed by atoms with Crippen LogP contribution in [0.15, 0.2) is 36.7 Å². The van der Waals surface area contributed by atoms with E-state index in [-0.39, 0.29) is 0 Å². The SMILES string of the molecule is COc1cc(Cl)cc(CN)c1OCc1cccnc1. The maximum absolute atomic E-state index is 6.00. The fraction of sp³-hybridized carbons (Fsp3) is 0.214. The largest absolute Gasteiger partial charge is 0.493 e. The molecule has 0 atom stereocenters. The molecule has 1 aromatic carbocycles. The Labute approximate surface area is 117 Å². The number of methoxy groups -OCH3 is 1. The average molecular weight is 279 g/mol. The molecule has 0 aliphatic rings. The second kappa shape index (κ2) is 6.41. The van der Waals surface area contributed by atoms with Gasteiger partial charge >= 0.3 is 0 Å². The Morgan fingerprint density at radius 2 is 2.21 bits per heavy atom. The van der Waals surface area contributed by atoms with Crippen LogP contribution in [0, 0.1) is 0 Å². The van der Waals surface area contributed by atoms with Gasteiger partial charge in [-0.25, -0.2) is 0 Å². The number of benzene rings is 1. The van der Waals surface area contributed by atoms with Crippen LogP contribution in [0.5, 0.6) is 11.5 Å². The molecule has 2 rings (SSSR count). The monoisotopic (exact) mass is 278 g/mol. The summed E-state index contributed by atoms with van der Waals surface area (Å²) in [7, 11) is 1.57. The summed E-state index contributed by atoms with van der Waals surface area (Å²) >= 11 is 6.00. The van der Waals surface area contributed by atoms with Gasteiger partial charge in [-0.2, -0.15) is 0 Å². The summed E-state index contributed by atoms with van der Waals surface area (Å²) in [6, 6.07) is 7.29. The van der Waals surface area contributed by atoms with Crippen LogP contribution < -0.4 is 15.2 Å².